The zero-order valence-corrected chi connectivity index (χ0v) is 19.5. The van der Waals surface area contributed by atoms with Gasteiger partial charge in [-0.15, -0.1) is 0 Å². The van der Waals surface area contributed by atoms with Gasteiger partial charge in [0.05, 0.1) is 4.92 Å². The molecule has 2 amide bonds. The van der Waals surface area contributed by atoms with Crippen molar-refractivity contribution < 1.29 is 14.5 Å². The van der Waals surface area contributed by atoms with Crippen molar-refractivity contribution >= 4 is 46.6 Å². The standard InChI is InChI=1S/C22H26ClN3O4S/c1-22(2,3)15-6-8-16(9-7-15)24-21(28)18(11-12-31-4)25-20(27)14-5-10-17(23)19(13-14)26(29)30/h5-10,13,18H,11-12H2,1-4H3,(H,24,28)(H,25,27). The van der Waals surface area contributed by atoms with E-state index >= 15 is 0 Å². The third kappa shape index (κ3) is 6.97. The summed E-state index contributed by atoms with van der Waals surface area (Å²) < 4.78 is 0. The third-order valence-corrected chi connectivity index (χ3v) is 5.62. The molecular weight excluding hydrogens is 438 g/mol. The molecule has 0 heterocycles. The lowest BCUT2D eigenvalue weighted by atomic mass is 9.87. The number of thioether (sulfide) groups is 1. The Balaban J connectivity index is 2.15. The number of nitrogens with zero attached hydrogens (tertiary/aromatic N) is 1. The Bertz CT molecular complexity index is 958. The fourth-order valence-electron chi connectivity index (χ4n) is 2.82. The summed E-state index contributed by atoms with van der Waals surface area (Å²) in [6, 6.07) is 10.6. The first-order valence-electron chi connectivity index (χ1n) is 9.68. The lowest BCUT2D eigenvalue weighted by Crippen LogP contribution is -2.44. The summed E-state index contributed by atoms with van der Waals surface area (Å²) >= 11 is 7.36. The van der Waals surface area contributed by atoms with E-state index in [1.165, 1.54) is 12.1 Å². The average Bonchev–Trinajstić information content (AvgIpc) is 2.70. The van der Waals surface area contributed by atoms with E-state index in [0.717, 1.165) is 11.6 Å². The zero-order valence-electron chi connectivity index (χ0n) is 17.9. The molecule has 0 radical (unpaired) electrons. The molecule has 1 unspecified atom stereocenters. The van der Waals surface area contributed by atoms with Crippen molar-refractivity contribution in [3.05, 3.63) is 68.7 Å². The van der Waals surface area contributed by atoms with Gasteiger partial charge in [0.1, 0.15) is 11.1 Å². The molecule has 2 N–H and O–H groups in total. The number of amides is 2. The van der Waals surface area contributed by atoms with Gasteiger partial charge in [0.2, 0.25) is 5.91 Å². The van der Waals surface area contributed by atoms with Crippen LogP contribution in [-0.4, -0.2) is 34.8 Å². The fourth-order valence-corrected chi connectivity index (χ4v) is 3.48. The van der Waals surface area contributed by atoms with Gasteiger partial charge < -0.3 is 10.6 Å². The number of benzene rings is 2. The van der Waals surface area contributed by atoms with E-state index in [0.29, 0.717) is 17.9 Å². The minimum Gasteiger partial charge on any atom is -0.340 e. The molecule has 2 aromatic rings. The van der Waals surface area contributed by atoms with Crippen LogP contribution in [0.15, 0.2) is 42.5 Å². The molecule has 2 aromatic carbocycles. The molecule has 31 heavy (non-hydrogen) atoms. The highest BCUT2D eigenvalue weighted by Gasteiger charge is 2.23. The Morgan fingerprint density at radius 2 is 1.81 bits per heavy atom. The third-order valence-electron chi connectivity index (χ3n) is 4.66. The Hall–Kier alpha value is -2.58. The summed E-state index contributed by atoms with van der Waals surface area (Å²) in [6.07, 6.45) is 2.32. The molecule has 0 fully saturated rings. The van der Waals surface area contributed by atoms with E-state index in [4.69, 9.17) is 11.6 Å². The van der Waals surface area contributed by atoms with Gasteiger partial charge in [-0.3, -0.25) is 19.7 Å². The molecule has 0 saturated heterocycles. The van der Waals surface area contributed by atoms with E-state index < -0.39 is 16.9 Å². The first-order valence-corrected chi connectivity index (χ1v) is 11.4. The monoisotopic (exact) mass is 463 g/mol. The number of rotatable bonds is 8. The van der Waals surface area contributed by atoms with Crippen LogP contribution < -0.4 is 10.6 Å². The lowest BCUT2D eigenvalue weighted by Gasteiger charge is -2.20. The number of hydrogen-bond acceptors (Lipinski definition) is 5. The smallest absolute Gasteiger partial charge is 0.288 e. The maximum Gasteiger partial charge on any atom is 0.288 e. The second-order valence-electron chi connectivity index (χ2n) is 8.05. The largest absolute Gasteiger partial charge is 0.340 e. The zero-order chi connectivity index (χ0) is 23.2. The van der Waals surface area contributed by atoms with Gasteiger partial charge in [-0.05, 0) is 53.7 Å². The van der Waals surface area contributed by atoms with Crippen LogP contribution in [0.2, 0.25) is 5.02 Å². The highest BCUT2D eigenvalue weighted by atomic mass is 35.5. The second kappa shape index (κ2) is 10.6. The van der Waals surface area contributed by atoms with E-state index in [-0.39, 0.29) is 27.6 Å². The van der Waals surface area contributed by atoms with Gasteiger partial charge in [0, 0.05) is 17.3 Å². The van der Waals surface area contributed by atoms with Gasteiger partial charge in [-0.25, -0.2) is 0 Å². The summed E-state index contributed by atoms with van der Waals surface area (Å²) in [5, 5.41) is 16.5. The van der Waals surface area contributed by atoms with Gasteiger partial charge in [0.25, 0.3) is 11.6 Å². The number of carbonyl (C=O) groups excluding carboxylic acids is 2. The molecule has 0 saturated carbocycles. The van der Waals surface area contributed by atoms with Crippen molar-refractivity contribution in [1.82, 2.24) is 5.32 Å². The van der Waals surface area contributed by atoms with E-state index in [1.807, 2.05) is 30.5 Å². The van der Waals surface area contributed by atoms with Gasteiger partial charge in [-0.2, -0.15) is 11.8 Å². The summed E-state index contributed by atoms with van der Waals surface area (Å²) in [4.78, 5) is 35.9. The van der Waals surface area contributed by atoms with Crippen LogP contribution in [0.1, 0.15) is 43.1 Å². The number of anilines is 1. The molecule has 1 atom stereocenters. The molecule has 166 valence electrons. The molecule has 0 aliphatic heterocycles. The molecule has 0 aliphatic rings. The second-order valence-corrected chi connectivity index (χ2v) is 9.44. The summed E-state index contributed by atoms with van der Waals surface area (Å²) in [6.45, 7) is 6.32. The van der Waals surface area contributed by atoms with Crippen LogP contribution >= 0.6 is 23.4 Å². The molecule has 2 rings (SSSR count). The first kappa shape index (κ1) is 24.7. The number of nitrogens with one attached hydrogen (secondary N) is 2. The minimum absolute atomic E-state index is 0.00140. The maximum atomic E-state index is 12.8. The van der Waals surface area contributed by atoms with Crippen LogP contribution in [0.5, 0.6) is 0 Å². The predicted molar refractivity (Wildman–Crippen MR) is 126 cm³/mol. The van der Waals surface area contributed by atoms with Crippen molar-refractivity contribution in [3.63, 3.8) is 0 Å². The summed E-state index contributed by atoms with van der Waals surface area (Å²) in [5.74, 6) is -0.277. The summed E-state index contributed by atoms with van der Waals surface area (Å²) in [5.41, 5.74) is 1.47. The predicted octanol–water partition coefficient (Wildman–Crippen LogP) is 5.04. The van der Waals surface area contributed by atoms with Gasteiger partial charge in [-0.1, -0.05) is 44.5 Å². The van der Waals surface area contributed by atoms with E-state index in [2.05, 4.69) is 31.4 Å². The van der Waals surface area contributed by atoms with Gasteiger partial charge >= 0.3 is 0 Å². The van der Waals surface area contributed by atoms with Crippen molar-refractivity contribution in [1.29, 1.82) is 0 Å². The molecule has 7 nitrogen and oxygen atoms in total. The number of hydrogen-bond donors (Lipinski definition) is 2. The Morgan fingerprint density at radius 3 is 2.35 bits per heavy atom. The number of nitro groups is 1. The topological polar surface area (TPSA) is 101 Å². The maximum absolute atomic E-state index is 12.8. The van der Waals surface area contributed by atoms with Crippen molar-refractivity contribution in [2.75, 3.05) is 17.3 Å². The normalized spacial score (nSPS) is 12.2. The molecule has 9 heteroatoms. The van der Waals surface area contributed by atoms with Crippen molar-refractivity contribution in [3.8, 4) is 0 Å². The first-order chi connectivity index (χ1) is 14.5. The van der Waals surface area contributed by atoms with Crippen LogP contribution in [0.4, 0.5) is 11.4 Å². The van der Waals surface area contributed by atoms with Crippen LogP contribution in [-0.2, 0) is 10.2 Å². The quantitative estimate of drug-likeness (QED) is 0.422. The fraction of sp³-hybridized carbons (Fsp3) is 0.364. The van der Waals surface area contributed by atoms with E-state index in [9.17, 15) is 19.7 Å². The lowest BCUT2D eigenvalue weighted by molar-refractivity contribution is -0.384. The number of carbonyl (C=O) groups is 2. The number of nitro benzene ring substituents is 1. The molecule has 0 aromatic heterocycles. The van der Waals surface area contributed by atoms with Gasteiger partial charge in [0.15, 0.2) is 0 Å². The highest BCUT2D eigenvalue weighted by molar-refractivity contribution is 7.98. The SMILES string of the molecule is CSCCC(NC(=O)c1ccc(Cl)c([N+](=O)[O-])c1)C(=O)Nc1ccc(C(C)(C)C)cc1. The Labute approximate surface area is 191 Å². The molecular formula is C22H26ClN3O4S. The van der Waals surface area contributed by atoms with Crippen molar-refractivity contribution in [2.24, 2.45) is 0 Å². The molecule has 0 spiro atoms. The van der Waals surface area contributed by atoms with E-state index in [1.54, 1.807) is 11.8 Å². The van der Waals surface area contributed by atoms with Crippen LogP contribution in [0.3, 0.4) is 0 Å². The van der Waals surface area contributed by atoms with Crippen molar-refractivity contribution in [2.45, 2.75) is 38.6 Å². The average molecular weight is 464 g/mol. The summed E-state index contributed by atoms with van der Waals surface area (Å²) in [7, 11) is 0. The molecule has 0 aliphatic carbocycles. The Morgan fingerprint density at radius 1 is 1.16 bits per heavy atom. The minimum atomic E-state index is -0.794. The number of halogens is 1. The van der Waals surface area contributed by atoms with Crippen LogP contribution in [0, 0.1) is 10.1 Å². The van der Waals surface area contributed by atoms with Crippen LogP contribution in [0.25, 0.3) is 0 Å². The molecule has 0 bridgehead atoms. The highest BCUT2D eigenvalue weighted by Crippen LogP contribution is 2.25. The Kier molecular flexibility index (Phi) is 8.47.